The second-order valence-corrected chi connectivity index (χ2v) is 6.75. The number of nitrogens with two attached hydrogens (primary N) is 1. The maximum atomic E-state index is 12.5. The van der Waals surface area contributed by atoms with Crippen LogP contribution in [-0.2, 0) is 0 Å². The van der Waals surface area contributed by atoms with Crippen molar-refractivity contribution in [2.75, 3.05) is 6.61 Å². The van der Waals surface area contributed by atoms with Gasteiger partial charge in [0, 0.05) is 24.0 Å². The number of nitrogens with zero attached hydrogens (tertiary/aromatic N) is 2. The minimum Gasteiger partial charge on any atom is -0.494 e. The third-order valence-corrected chi connectivity index (χ3v) is 4.84. The fourth-order valence-electron chi connectivity index (χ4n) is 3.42. The van der Waals surface area contributed by atoms with Gasteiger partial charge >= 0.3 is 5.97 Å². The Hall–Kier alpha value is -4.31. The summed E-state index contributed by atoms with van der Waals surface area (Å²) >= 11 is 0. The fraction of sp³-hybridized carbons (Fsp3) is 0.125. The van der Waals surface area contributed by atoms with Crippen LogP contribution in [0.25, 0.3) is 0 Å². The summed E-state index contributed by atoms with van der Waals surface area (Å²) in [4.78, 5) is 16.5. The molecule has 31 heavy (non-hydrogen) atoms. The molecular weight excluding hydrogens is 394 g/mol. The third-order valence-electron chi connectivity index (χ3n) is 4.84. The standard InChI is InChI=1S/C24H19N3O4/c1-2-29-17-5-3-16(4-6-17)24(28)30-18-7-8-19-21(13-18)31-23(26)20(14-25)22(19)15-9-11-27-12-10-15/h3-13,22H,2,26H2,1H3. The molecule has 7 nitrogen and oxygen atoms in total. The molecule has 0 amide bonds. The highest BCUT2D eigenvalue weighted by Crippen LogP contribution is 2.43. The van der Waals surface area contributed by atoms with E-state index in [0.717, 1.165) is 11.1 Å². The SMILES string of the molecule is CCOc1ccc(C(=O)Oc2ccc3c(c2)OC(N)=C(C#N)C3c2ccncc2)cc1. The molecule has 1 aliphatic rings. The molecule has 0 saturated heterocycles. The molecule has 0 saturated carbocycles. The van der Waals surface area contributed by atoms with Crippen LogP contribution in [0.2, 0.25) is 0 Å². The maximum absolute atomic E-state index is 12.5. The lowest BCUT2D eigenvalue weighted by Gasteiger charge is -2.26. The quantitative estimate of drug-likeness (QED) is 0.499. The second-order valence-electron chi connectivity index (χ2n) is 6.75. The van der Waals surface area contributed by atoms with Gasteiger partial charge in [0.25, 0.3) is 0 Å². The summed E-state index contributed by atoms with van der Waals surface area (Å²) in [7, 11) is 0. The van der Waals surface area contributed by atoms with Crippen LogP contribution in [0.3, 0.4) is 0 Å². The van der Waals surface area contributed by atoms with Crippen LogP contribution in [0.4, 0.5) is 0 Å². The summed E-state index contributed by atoms with van der Waals surface area (Å²) < 4.78 is 16.6. The molecule has 3 aromatic rings. The molecule has 1 unspecified atom stereocenters. The molecule has 0 aliphatic carbocycles. The van der Waals surface area contributed by atoms with E-state index in [0.29, 0.717) is 35.0 Å². The molecule has 2 N–H and O–H groups in total. The van der Waals surface area contributed by atoms with Crippen molar-refractivity contribution < 1.29 is 19.0 Å². The highest BCUT2D eigenvalue weighted by molar-refractivity contribution is 5.91. The number of benzene rings is 2. The molecule has 0 fully saturated rings. The largest absolute Gasteiger partial charge is 0.494 e. The number of carbonyl (C=O) groups is 1. The van der Waals surface area contributed by atoms with E-state index in [9.17, 15) is 10.1 Å². The number of pyridine rings is 1. The van der Waals surface area contributed by atoms with Gasteiger partial charge in [-0.2, -0.15) is 5.26 Å². The van der Waals surface area contributed by atoms with Crippen molar-refractivity contribution in [3.63, 3.8) is 0 Å². The summed E-state index contributed by atoms with van der Waals surface area (Å²) in [5.41, 5.74) is 8.33. The lowest BCUT2D eigenvalue weighted by atomic mass is 9.84. The van der Waals surface area contributed by atoms with Crippen LogP contribution in [0, 0.1) is 11.3 Å². The Labute approximate surface area is 179 Å². The minimum absolute atomic E-state index is 0.0202. The average Bonchev–Trinajstić information content (AvgIpc) is 2.79. The number of hydrogen-bond donors (Lipinski definition) is 1. The molecule has 1 aromatic heterocycles. The molecule has 0 spiro atoms. The number of fused-ring (bicyclic) bond motifs is 1. The molecule has 1 aliphatic heterocycles. The monoisotopic (exact) mass is 413 g/mol. The number of ether oxygens (including phenoxy) is 3. The van der Waals surface area contributed by atoms with E-state index in [2.05, 4.69) is 11.1 Å². The van der Waals surface area contributed by atoms with Gasteiger partial charge in [0.15, 0.2) is 0 Å². The molecular formula is C24H19N3O4. The van der Waals surface area contributed by atoms with Crippen molar-refractivity contribution in [2.45, 2.75) is 12.8 Å². The molecule has 154 valence electrons. The predicted molar refractivity (Wildman–Crippen MR) is 113 cm³/mol. The fourth-order valence-corrected chi connectivity index (χ4v) is 3.42. The highest BCUT2D eigenvalue weighted by Gasteiger charge is 2.31. The molecule has 0 radical (unpaired) electrons. The summed E-state index contributed by atoms with van der Waals surface area (Å²) in [5.74, 6) is 0.527. The van der Waals surface area contributed by atoms with Crippen LogP contribution < -0.4 is 19.9 Å². The summed E-state index contributed by atoms with van der Waals surface area (Å²) in [6, 6.07) is 17.5. The van der Waals surface area contributed by atoms with Crippen molar-refractivity contribution >= 4 is 5.97 Å². The van der Waals surface area contributed by atoms with Crippen molar-refractivity contribution in [3.8, 4) is 23.3 Å². The zero-order valence-corrected chi connectivity index (χ0v) is 16.7. The Morgan fingerprint density at radius 3 is 2.52 bits per heavy atom. The van der Waals surface area contributed by atoms with Gasteiger partial charge in [0.2, 0.25) is 5.88 Å². The summed E-state index contributed by atoms with van der Waals surface area (Å²) in [5, 5.41) is 9.61. The van der Waals surface area contributed by atoms with Gasteiger partial charge in [-0.1, -0.05) is 6.07 Å². The Balaban J connectivity index is 1.61. The van der Waals surface area contributed by atoms with Crippen LogP contribution in [0.15, 0.2) is 78.4 Å². The first-order chi connectivity index (χ1) is 15.1. The number of aromatic nitrogens is 1. The van der Waals surface area contributed by atoms with Gasteiger partial charge in [-0.05, 0) is 55.0 Å². The first kappa shape index (κ1) is 20.0. The van der Waals surface area contributed by atoms with Crippen LogP contribution in [0.5, 0.6) is 17.2 Å². The molecule has 4 rings (SSSR count). The number of rotatable bonds is 5. The van der Waals surface area contributed by atoms with Gasteiger partial charge in [-0.3, -0.25) is 4.98 Å². The molecule has 2 aromatic carbocycles. The summed E-state index contributed by atoms with van der Waals surface area (Å²) in [6.45, 7) is 2.44. The normalized spacial score (nSPS) is 14.8. The second kappa shape index (κ2) is 8.59. The third kappa shape index (κ3) is 4.05. The van der Waals surface area contributed by atoms with E-state index in [1.165, 1.54) is 0 Å². The Kier molecular flexibility index (Phi) is 5.54. The Morgan fingerprint density at radius 2 is 1.84 bits per heavy atom. The molecule has 7 heteroatoms. The smallest absolute Gasteiger partial charge is 0.343 e. The first-order valence-electron chi connectivity index (χ1n) is 9.67. The number of carbonyl (C=O) groups excluding carboxylic acids is 1. The van der Waals surface area contributed by atoms with Crippen LogP contribution in [-0.4, -0.2) is 17.6 Å². The number of nitriles is 1. The van der Waals surface area contributed by atoms with E-state index in [-0.39, 0.29) is 5.88 Å². The van der Waals surface area contributed by atoms with E-state index >= 15 is 0 Å². The first-order valence-corrected chi connectivity index (χ1v) is 9.67. The molecule has 1 atom stereocenters. The van der Waals surface area contributed by atoms with Crippen molar-refractivity contribution in [1.29, 1.82) is 5.26 Å². The van der Waals surface area contributed by atoms with Gasteiger partial charge < -0.3 is 19.9 Å². The Morgan fingerprint density at radius 1 is 1.13 bits per heavy atom. The number of hydrogen-bond acceptors (Lipinski definition) is 7. The van der Waals surface area contributed by atoms with E-state index in [1.54, 1.807) is 54.9 Å². The highest BCUT2D eigenvalue weighted by atomic mass is 16.5. The lowest BCUT2D eigenvalue weighted by molar-refractivity contribution is 0.0734. The minimum atomic E-state index is -0.509. The Bertz CT molecular complexity index is 1180. The van der Waals surface area contributed by atoms with E-state index < -0.39 is 11.9 Å². The maximum Gasteiger partial charge on any atom is 0.343 e. The zero-order chi connectivity index (χ0) is 21.8. The number of allylic oxidation sites excluding steroid dienone is 1. The van der Waals surface area contributed by atoms with Gasteiger partial charge in [0.05, 0.1) is 18.1 Å². The van der Waals surface area contributed by atoms with E-state index in [1.807, 2.05) is 19.1 Å². The van der Waals surface area contributed by atoms with Crippen molar-refractivity contribution in [3.05, 3.63) is 95.1 Å². The molecule has 2 heterocycles. The van der Waals surface area contributed by atoms with Gasteiger partial charge in [-0.15, -0.1) is 0 Å². The zero-order valence-electron chi connectivity index (χ0n) is 16.7. The summed E-state index contributed by atoms with van der Waals surface area (Å²) in [6.07, 6.45) is 3.31. The van der Waals surface area contributed by atoms with Gasteiger partial charge in [0.1, 0.15) is 28.9 Å². The molecule has 0 bridgehead atoms. The average molecular weight is 413 g/mol. The topological polar surface area (TPSA) is 107 Å². The van der Waals surface area contributed by atoms with E-state index in [4.69, 9.17) is 19.9 Å². The van der Waals surface area contributed by atoms with Gasteiger partial charge in [-0.25, -0.2) is 4.79 Å². The van der Waals surface area contributed by atoms with Crippen molar-refractivity contribution in [1.82, 2.24) is 4.98 Å². The van der Waals surface area contributed by atoms with Crippen molar-refractivity contribution in [2.24, 2.45) is 5.73 Å². The number of esters is 1. The lowest BCUT2D eigenvalue weighted by Crippen LogP contribution is -2.21. The van der Waals surface area contributed by atoms with Crippen LogP contribution in [0.1, 0.15) is 34.3 Å². The predicted octanol–water partition coefficient (Wildman–Crippen LogP) is 3.92. The van der Waals surface area contributed by atoms with Crippen LogP contribution >= 0.6 is 0 Å².